The average Bonchev–Trinajstić information content (AvgIpc) is 3.06. The summed E-state index contributed by atoms with van der Waals surface area (Å²) < 4.78 is 15.5. The van der Waals surface area contributed by atoms with E-state index in [1.54, 1.807) is 78.9 Å². The molecule has 0 aliphatic heterocycles. The van der Waals surface area contributed by atoms with Gasteiger partial charge in [0.1, 0.15) is 0 Å². The lowest BCUT2D eigenvalue weighted by atomic mass is 9.76. The summed E-state index contributed by atoms with van der Waals surface area (Å²) >= 11 is 0. The van der Waals surface area contributed by atoms with Crippen LogP contribution in [-0.2, 0) is 41.4 Å². The Morgan fingerprint density at radius 3 is 1.65 bits per heavy atom. The normalized spacial score (nSPS) is 11.2. The van der Waals surface area contributed by atoms with Crippen molar-refractivity contribution in [2.45, 2.75) is 51.4 Å². The molecule has 0 unspecified atom stereocenters. The molecule has 244 valence electrons. The number of rotatable bonds is 18. The maximum atomic E-state index is 13.4. The van der Waals surface area contributed by atoms with Gasteiger partial charge in [-0.15, -0.1) is 0 Å². The molecular weight excluding hydrogens is 588 g/mol. The third kappa shape index (κ3) is 11.1. The predicted molar refractivity (Wildman–Crippen MR) is 176 cm³/mol. The van der Waals surface area contributed by atoms with Crippen LogP contribution in [0.15, 0.2) is 78.9 Å². The van der Waals surface area contributed by atoms with Crippen molar-refractivity contribution in [1.82, 2.24) is 0 Å². The van der Waals surface area contributed by atoms with E-state index in [1.165, 1.54) is 13.2 Å². The summed E-state index contributed by atoms with van der Waals surface area (Å²) in [7, 11) is 1.30. The van der Waals surface area contributed by atoms with E-state index >= 15 is 0 Å². The van der Waals surface area contributed by atoms with Gasteiger partial charge < -0.3 is 30.8 Å². The van der Waals surface area contributed by atoms with E-state index in [-0.39, 0.29) is 19.4 Å². The van der Waals surface area contributed by atoms with Gasteiger partial charge in [-0.05, 0) is 84.8 Å². The Kier molecular flexibility index (Phi) is 13.8. The molecule has 0 saturated heterocycles. The number of nitrogen functional groups attached to an aromatic ring is 2. The van der Waals surface area contributed by atoms with Crippen molar-refractivity contribution in [2.24, 2.45) is 5.41 Å². The predicted octanol–water partition coefficient (Wildman–Crippen LogP) is 5.63. The number of benzene rings is 3. The Labute approximate surface area is 269 Å². The third-order valence-corrected chi connectivity index (χ3v) is 7.54. The van der Waals surface area contributed by atoms with Crippen LogP contribution in [0.2, 0.25) is 0 Å². The molecule has 0 atom stereocenters. The van der Waals surface area contributed by atoms with Crippen LogP contribution in [0.4, 0.5) is 11.4 Å². The first-order chi connectivity index (χ1) is 22.1. The van der Waals surface area contributed by atoms with Crippen molar-refractivity contribution in [3.63, 3.8) is 0 Å². The Morgan fingerprint density at radius 2 is 1.17 bits per heavy atom. The summed E-state index contributed by atoms with van der Waals surface area (Å²) in [6.07, 6.45) is 7.62. The second-order valence-electron chi connectivity index (χ2n) is 11.1. The number of unbranched alkanes of at least 4 members (excludes halogenated alkanes) is 5. The van der Waals surface area contributed by atoms with Gasteiger partial charge >= 0.3 is 23.9 Å². The van der Waals surface area contributed by atoms with Crippen LogP contribution >= 0.6 is 0 Å². The number of carbonyl (C=O) groups excluding carboxylic acids is 3. The summed E-state index contributed by atoms with van der Waals surface area (Å²) in [5.74, 6) is -2.89. The van der Waals surface area contributed by atoms with Gasteiger partial charge in [0.05, 0.1) is 25.9 Å². The first kappa shape index (κ1) is 35.4. The molecule has 0 spiro atoms. The fraction of sp³-hybridized carbons (Fsp3) is 0.333. The van der Waals surface area contributed by atoms with Crippen molar-refractivity contribution in [3.05, 3.63) is 101 Å². The SMILES string of the molecule is COC(=O)C=Cc1ccc(C(=O)OCCCCCCCCOC(=O)C(Cc2ccc(N)cc2)(Cc2ccc(N)cc2)C(=O)O)cc1. The quantitative estimate of drug-likeness (QED) is 0.0400. The summed E-state index contributed by atoms with van der Waals surface area (Å²) in [6, 6.07) is 20.3. The largest absolute Gasteiger partial charge is 0.480 e. The van der Waals surface area contributed by atoms with Crippen LogP contribution < -0.4 is 11.5 Å². The van der Waals surface area contributed by atoms with Crippen LogP contribution in [0.1, 0.15) is 65.6 Å². The summed E-state index contributed by atoms with van der Waals surface area (Å²) in [4.78, 5) is 49.5. The molecule has 3 aromatic rings. The van der Waals surface area contributed by atoms with Crippen molar-refractivity contribution in [2.75, 3.05) is 31.8 Å². The van der Waals surface area contributed by atoms with E-state index in [0.717, 1.165) is 37.7 Å². The minimum atomic E-state index is -1.81. The van der Waals surface area contributed by atoms with Crippen molar-refractivity contribution in [1.29, 1.82) is 0 Å². The Hall–Kier alpha value is -5.12. The van der Waals surface area contributed by atoms with Gasteiger partial charge in [0, 0.05) is 17.5 Å². The molecule has 3 rings (SSSR count). The number of aliphatic carboxylic acids is 1. The second-order valence-corrected chi connectivity index (χ2v) is 11.1. The highest BCUT2D eigenvalue weighted by Crippen LogP contribution is 2.31. The van der Waals surface area contributed by atoms with Gasteiger partial charge in [-0.2, -0.15) is 0 Å². The molecule has 0 bridgehead atoms. The standard InChI is InChI=1S/C36H42N2O8/c1-44-32(39)21-14-26-8-15-29(16-9-26)33(40)45-22-6-4-2-3-5-7-23-46-35(43)36(34(41)42,24-27-10-17-30(37)18-11-27)25-28-12-19-31(38)20-13-28/h8-21H,2-7,22-25,37-38H2,1H3,(H,41,42). The molecule has 0 aliphatic rings. The van der Waals surface area contributed by atoms with E-state index in [2.05, 4.69) is 4.74 Å². The van der Waals surface area contributed by atoms with Crippen LogP contribution in [0.25, 0.3) is 6.08 Å². The van der Waals surface area contributed by atoms with Crippen LogP contribution in [0.3, 0.4) is 0 Å². The number of ether oxygens (including phenoxy) is 3. The minimum absolute atomic E-state index is 0.0455. The number of carboxylic acids is 1. The highest BCUT2D eigenvalue weighted by molar-refractivity contribution is 6.00. The lowest BCUT2D eigenvalue weighted by molar-refractivity contribution is -0.169. The van der Waals surface area contributed by atoms with Gasteiger partial charge in [-0.1, -0.05) is 62.1 Å². The van der Waals surface area contributed by atoms with E-state index in [4.69, 9.17) is 20.9 Å². The minimum Gasteiger partial charge on any atom is -0.480 e. The summed E-state index contributed by atoms with van der Waals surface area (Å²) in [5.41, 5.74) is 13.4. The number of carboxylic acid groups (broad SMARTS) is 1. The summed E-state index contributed by atoms with van der Waals surface area (Å²) in [6.45, 7) is 0.423. The maximum absolute atomic E-state index is 13.4. The van der Waals surface area contributed by atoms with E-state index < -0.39 is 29.3 Å². The van der Waals surface area contributed by atoms with Gasteiger partial charge in [-0.3, -0.25) is 9.59 Å². The number of hydrogen-bond donors (Lipinski definition) is 3. The molecule has 0 saturated carbocycles. The van der Waals surface area contributed by atoms with Crippen LogP contribution in [0.5, 0.6) is 0 Å². The third-order valence-electron chi connectivity index (χ3n) is 7.54. The van der Waals surface area contributed by atoms with Crippen molar-refractivity contribution in [3.8, 4) is 0 Å². The van der Waals surface area contributed by atoms with Crippen LogP contribution in [-0.4, -0.2) is 49.3 Å². The maximum Gasteiger partial charge on any atom is 0.338 e. The average molecular weight is 631 g/mol. The molecule has 0 amide bonds. The smallest absolute Gasteiger partial charge is 0.338 e. The van der Waals surface area contributed by atoms with Gasteiger partial charge in [0.2, 0.25) is 0 Å². The number of methoxy groups -OCH3 is 1. The van der Waals surface area contributed by atoms with Crippen molar-refractivity contribution < 1.29 is 38.5 Å². The highest BCUT2D eigenvalue weighted by atomic mass is 16.5. The van der Waals surface area contributed by atoms with E-state index in [0.29, 0.717) is 41.1 Å². The zero-order valence-corrected chi connectivity index (χ0v) is 26.1. The summed E-state index contributed by atoms with van der Waals surface area (Å²) in [5, 5.41) is 10.3. The topological polar surface area (TPSA) is 168 Å². The number of esters is 3. The zero-order chi connectivity index (χ0) is 33.4. The number of hydrogen-bond acceptors (Lipinski definition) is 9. The molecule has 0 radical (unpaired) electrons. The molecule has 0 aromatic heterocycles. The molecule has 46 heavy (non-hydrogen) atoms. The lowest BCUT2D eigenvalue weighted by Gasteiger charge is -2.28. The fourth-order valence-electron chi connectivity index (χ4n) is 4.84. The second kappa shape index (κ2) is 18.0. The molecule has 0 fully saturated rings. The number of nitrogens with two attached hydrogens (primary N) is 2. The van der Waals surface area contributed by atoms with Crippen LogP contribution in [0, 0.1) is 5.41 Å². The van der Waals surface area contributed by atoms with E-state index in [9.17, 15) is 24.3 Å². The van der Waals surface area contributed by atoms with Gasteiger partial charge in [-0.25, -0.2) is 9.59 Å². The number of anilines is 2. The molecule has 0 heterocycles. The first-order valence-corrected chi connectivity index (χ1v) is 15.3. The number of carbonyl (C=O) groups is 4. The molecule has 10 heteroatoms. The highest BCUT2D eigenvalue weighted by Gasteiger charge is 2.48. The fourth-order valence-corrected chi connectivity index (χ4v) is 4.84. The molecule has 3 aromatic carbocycles. The molecule has 0 aliphatic carbocycles. The van der Waals surface area contributed by atoms with Gasteiger partial charge in [0.25, 0.3) is 0 Å². The zero-order valence-electron chi connectivity index (χ0n) is 26.1. The van der Waals surface area contributed by atoms with Crippen molar-refractivity contribution >= 4 is 41.3 Å². The van der Waals surface area contributed by atoms with Gasteiger partial charge in [0.15, 0.2) is 5.41 Å². The molecule has 5 N–H and O–H groups in total. The Morgan fingerprint density at radius 1 is 0.696 bits per heavy atom. The monoisotopic (exact) mass is 630 g/mol. The molecule has 10 nitrogen and oxygen atoms in total. The van der Waals surface area contributed by atoms with E-state index in [1.807, 2.05) is 0 Å². The Balaban J connectivity index is 1.39. The molecular formula is C36H42N2O8. The Bertz CT molecular complexity index is 1420. The lowest BCUT2D eigenvalue weighted by Crippen LogP contribution is -2.44. The first-order valence-electron chi connectivity index (χ1n) is 15.3.